The van der Waals surface area contributed by atoms with Gasteiger partial charge >= 0.3 is 0 Å². The SMILES string of the molecule is CC(C)Oc1ccc(CCNC(=O)c2cc(Cl)ccc2Cl)cc1. The Bertz CT molecular complexity index is 669. The van der Waals surface area contributed by atoms with Gasteiger partial charge in [-0.1, -0.05) is 35.3 Å². The molecule has 23 heavy (non-hydrogen) atoms. The standard InChI is InChI=1S/C18H19Cl2NO2/c1-12(2)23-15-6-3-13(4-7-15)9-10-21-18(22)16-11-14(19)5-8-17(16)20/h3-8,11-12H,9-10H2,1-2H3,(H,21,22). The summed E-state index contributed by atoms with van der Waals surface area (Å²) in [5.74, 6) is 0.621. The van der Waals surface area contributed by atoms with E-state index in [2.05, 4.69) is 5.32 Å². The van der Waals surface area contributed by atoms with Gasteiger partial charge in [-0.05, 0) is 56.2 Å². The van der Waals surface area contributed by atoms with E-state index in [0.29, 0.717) is 22.2 Å². The van der Waals surface area contributed by atoms with Crippen LogP contribution in [0.4, 0.5) is 0 Å². The number of amides is 1. The first-order valence-corrected chi connectivity index (χ1v) is 8.20. The lowest BCUT2D eigenvalue weighted by atomic mass is 10.1. The molecule has 0 fully saturated rings. The number of carbonyl (C=O) groups excluding carboxylic acids is 1. The molecule has 0 unspecified atom stereocenters. The fraction of sp³-hybridized carbons (Fsp3) is 0.278. The maximum absolute atomic E-state index is 12.1. The lowest BCUT2D eigenvalue weighted by Crippen LogP contribution is -2.26. The number of rotatable bonds is 6. The number of halogens is 2. The summed E-state index contributed by atoms with van der Waals surface area (Å²) in [4.78, 5) is 12.1. The van der Waals surface area contributed by atoms with Crippen molar-refractivity contribution in [1.29, 1.82) is 0 Å². The van der Waals surface area contributed by atoms with Crippen molar-refractivity contribution in [2.45, 2.75) is 26.4 Å². The van der Waals surface area contributed by atoms with Crippen LogP contribution in [-0.4, -0.2) is 18.6 Å². The molecule has 0 saturated heterocycles. The minimum absolute atomic E-state index is 0.155. The number of carbonyl (C=O) groups is 1. The molecule has 0 radical (unpaired) electrons. The first-order valence-electron chi connectivity index (χ1n) is 7.44. The second-order valence-corrected chi connectivity index (χ2v) is 6.28. The number of hydrogen-bond acceptors (Lipinski definition) is 2. The van der Waals surface area contributed by atoms with Gasteiger partial charge in [-0.15, -0.1) is 0 Å². The molecule has 2 aromatic rings. The molecule has 2 aromatic carbocycles. The van der Waals surface area contributed by atoms with Crippen molar-refractivity contribution in [3.05, 3.63) is 63.6 Å². The third-order valence-corrected chi connectivity index (χ3v) is 3.73. The Morgan fingerprint density at radius 2 is 1.83 bits per heavy atom. The molecule has 5 heteroatoms. The molecule has 0 aliphatic rings. The highest BCUT2D eigenvalue weighted by atomic mass is 35.5. The normalized spacial score (nSPS) is 10.7. The Labute approximate surface area is 146 Å². The van der Waals surface area contributed by atoms with Gasteiger partial charge in [-0.3, -0.25) is 4.79 Å². The van der Waals surface area contributed by atoms with E-state index >= 15 is 0 Å². The third kappa shape index (κ3) is 5.45. The fourth-order valence-corrected chi connectivity index (χ4v) is 2.47. The fourth-order valence-electron chi connectivity index (χ4n) is 2.09. The molecule has 0 heterocycles. The first kappa shape index (κ1) is 17.6. The lowest BCUT2D eigenvalue weighted by Gasteiger charge is -2.10. The van der Waals surface area contributed by atoms with Gasteiger partial charge in [0.15, 0.2) is 0 Å². The van der Waals surface area contributed by atoms with Gasteiger partial charge in [0.1, 0.15) is 5.75 Å². The van der Waals surface area contributed by atoms with Crippen molar-refractivity contribution in [2.24, 2.45) is 0 Å². The second-order valence-electron chi connectivity index (χ2n) is 5.44. The van der Waals surface area contributed by atoms with E-state index in [1.54, 1.807) is 18.2 Å². The molecule has 2 rings (SSSR count). The van der Waals surface area contributed by atoms with Crippen LogP contribution in [0.25, 0.3) is 0 Å². The number of benzene rings is 2. The second kappa shape index (κ2) is 8.23. The Morgan fingerprint density at radius 3 is 2.48 bits per heavy atom. The van der Waals surface area contributed by atoms with Crippen LogP contribution in [-0.2, 0) is 6.42 Å². The average molecular weight is 352 g/mol. The first-order chi connectivity index (χ1) is 11.0. The summed E-state index contributed by atoms with van der Waals surface area (Å²) in [6.07, 6.45) is 0.883. The topological polar surface area (TPSA) is 38.3 Å². The number of ether oxygens (including phenoxy) is 1. The van der Waals surface area contributed by atoms with Crippen LogP contribution < -0.4 is 10.1 Å². The Balaban J connectivity index is 1.87. The molecule has 3 nitrogen and oxygen atoms in total. The molecule has 1 N–H and O–H groups in total. The van der Waals surface area contributed by atoms with Gasteiger partial charge in [0.05, 0.1) is 16.7 Å². The molecule has 0 saturated carbocycles. The van der Waals surface area contributed by atoms with Crippen LogP contribution in [0.5, 0.6) is 5.75 Å². The minimum atomic E-state index is -0.225. The minimum Gasteiger partial charge on any atom is -0.491 e. The van der Waals surface area contributed by atoms with Gasteiger partial charge in [0.2, 0.25) is 0 Å². The van der Waals surface area contributed by atoms with Crippen LogP contribution >= 0.6 is 23.2 Å². The Morgan fingerprint density at radius 1 is 1.13 bits per heavy atom. The highest BCUT2D eigenvalue weighted by Crippen LogP contribution is 2.20. The van der Waals surface area contributed by atoms with E-state index < -0.39 is 0 Å². The molecular weight excluding hydrogens is 333 g/mol. The summed E-state index contributed by atoms with van der Waals surface area (Å²) in [6.45, 7) is 4.50. The summed E-state index contributed by atoms with van der Waals surface area (Å²) in [5.41, 5.74) is 1.51. The Hall–Kier alpha value is -1.71. The molecule has 1 amide bonds. The maximum atomic E-state index is 12.1. The van der Waals surface area contributed by atoms with Crippen LogP contribution in [0.1, 0.15) is 29.8 Å². The van der Waals surface area contributed by atoms with Crippen LogP contribution in [0.2, 0.25) is 10.0 Å². The average Bonchev–Trinajstić information content (AvgIpc) is 2.51. The summed E-state index contributed by atoms with van der Waals surface area (Å²) in [6, 6.07) is 12.7. The van der Waals surface area contributed by atoms with Crippen LogP contribution in [0.3, 0.4) is 0 Å². The molecular formula is C18H19Cl2NO2. The predicted octanol–water partition coefficient (Wildman–Crippen LogP) is 4.75. The van der Waals surface area contributed by atoms with Crippen molar-refractivity contribution >= 4 is 29.1 Å². The van der Waals surface area contributed by atoms with Crippen LogP contribution in [0, 0.1) is 0 Å². The van der Waals surface area contributed by atoms with Gasteiger partial charge in [-0.25, -0.2) is 0 Å². The van der Waals surface area contributed by atoms with E-state index in [-0.39, 0.29) is 12.0 Å². The zero-order valence-electron chi connectivity index (χ0n) is 13.1. The van der Waals surface area contributed by atoms with E-state index in [1.807, 2.05) is 38.1 Å². The summed E-state index contributed by atoms with van der Waals surface area (Å²) in [7, 11) is 0. The third-order valence-electron chi connectivity index (χ3n) is 3.17. The molecule has 0 aliphatic heterocycles. The van der Waals surface area contributed by atoms with E-state index in [1.165, 1.54) is 0 Å². The zero-order chi connectivity index (χ0) is 16.8. The van der Waals surface area contributed by atoms with Crippen molar-refractivity contribution in [2.75, 3.05) is 6.54 Å². The summed E-state index contributed by atoms with van der Waals surface area (Å²) in [5, 5.41) is 3.73. The quantitative estimate of drug-likeness (QED) is 0.815. The molecule has 0 bridgehead atoms. The summed E-state index contributed by atoms with van der Waals surface area (Å²) < 4.78 is 5.60. The van der Waals surface area contributed by atoms with Gasteiger partial charge in [-0.2, -0.15) is 0 Å². The number of nitrogens with one attached hydrogen (secondary N) is 1. The number of hydrogen-bond donors (Lipinski definition) is 1. The van der Waals surface area contributed by atoms with Gasteiger partial charge in [0.25, 0.3) is 5.91 Å². The van der Waals surface area contributed by atoms with Gasteiger partial charge < -0.3 is 10.1 Å². The van der Waals surface area contributed by atoms with E-state index in [9.17, 15) is 4.79 Å². The van der Waals surface area contributed by atoms with E-state index in [4.69, 9.17) is 27.9 Å². The molecule has 0 aliphatic carbocycles. The Kier molecular flexibility index (Phi) is 6.31. The summed E-state index contributed by atoms with van der Waals surface area (Å²) >= 11 is 11.9. The van der Waals surface area contributed by atoms with Crippen molar-refractivity contribution < 1.29 is 9.53 Å². The highest BCUT2D eigenvalue weighted by Gasteiger charge is 2.10. The zero-order valence-corrected chi connectivity index (χ0v) is 14.6. The highest BCUT2D eigenvalue weighted by molar-refractivity contribution is 6.35. The molecule has 122 valence electrons. The van der Waals surface area contributed by atoms with Crippen LogP contribution in [0.15, 0.2) is 42.5 Å². The van der Waals surface area contributed by atoms with Crippen molar-refractivity contribution in [3.8, 4) is 5.75 Å². The predicted molar refractivity (Wildman–Crippen MR) is 94.7 cm³/mol. The largest absolute Gasteiger partial charge is 0.491 e. The monoisotopic (exact) mass is 351 g/mol. The molecule has 0 atom stereocenters. The molecule has 0 spiro atoms. The molecule has 0 aromatic heterocycles. The van der Waals surface area contributed by atoms with Gasteiger partial charge in [0, 0.05) is 11.6 Å². The smallest absolute Gasteiger partial charge is 0.252 e. The van der Waals surface area contributed by atoms with Crippen molar-refractivity contribution in [3.63, 3.8) is 0 Å². The van der Waals surface area contributed by atoms with E-state index in [0.717, 1.165) is 17.7 Å². The van der Waals surface area contributed by atoms with Crippen molar-refractivity contribution in [1.82, 2.24) is 5.32 Å². The lowest BCUT2D eigenvalue weighted by molar-refractivity contribution is 0.0954. The maximum Gasteiger partial charge on any atom is 0.252 e.